The summed E-state index contributed by atoms with van der Waals surface area (Å²) < 4.78 is 14.1. The Morgan fingerprint density at radius 1 is 1.22 bits per heavy atom. The second kappa shape index (κ2) is 5.40. The van der Waals surface area contributed by atoms with E-state index in [2.05, 4.69) is 21.2 Å². The lowest BCUT2D eigenvalue weighted by Gasteiger charge is -2.09. The van der Waals surface area contributed by atoms with E-state index in [0.717, 1.165) is 15.6 Å². The molecule has 0 radical (unpaired) electrons. The summed E-state index contributed by atoms with van der Waals surface area (Å²) in [5, 5.41) is 12.8. The van der Waals surface area contributed by atoms with Gasteiger partial charge in [0, 0.05) is 22.3 Å². The van der Waals surface area contributed by atoms with Gasteiger partial charge >= 0.3 is 0 Å². The Kier molecular flexibility index (Phi) is 3.87. The zero-order chi connectivity index (χ0) is 13.1. The highest BCUT2D eigenvalue weighted by molar-refractivity contribution is 9.10. The second-order valence-corrected chi connectivity index (χ2v) is 5.06. The number of hydrogen-bond donors (Lipinski definition) is 2. The van der Waals surface area contributed by atoms with E-state index in [0.29, 0.717) is 12.2 Å². The predicted octanol–water partition coefficient (Wildman–Crippen LogP) is 4.21. The number of hydrogen-bond acceptors (Lipinski definition) is 2. The van der Waals surface area contributed by atoms with Crippen LogP contribution in [0.15, 0.2) is 40.9 Å². The normalized spacial score (nSPS) is 10.4. The van der Waals surface area contributed by atoms with Crippen LogP contribution in [-0.4, -0.2) is 5.11 Å². The van der Waals surface area contributed by atoms with Gasteiger partial charge < -0.3 is 10.4 Å². The molecule has 0 saturated carbocycles. The summed E-state index contributed by atoms with van der Waals surface area (Å²) in [6.07, 6.45) is 0. The molecule has 0 saturated heterocycles. The number of aromatic hydroxyl groups is 1. The Hall–Kier alpha value is -1.55. The molecular formula is C14H13BrFNO. The molecule has 0 aliphatic rings. The van der Waals surface area contributed by atoms with Crippen LogP contribution in [0.1, 0.15) is 11.1 Å². The molecule has 0 aliphatic carbocycles. The van der Waals surface area contributed by atoms with Gasteiger partial charge in [0.2, 0.25) is 0 Å². The third kappa shape index (κ3) is 3.23. The molecule has 0 atom stereocenters. The topological polar surface area (TPSA) is 32.3 Å². The number of rotatable bonds is 3. The summed E-state index contributed by atoms with van der Waals surface area (Å²) in [6.45, 7) is 2.28. The first-order chi connectivity index (χ1) is 8.54. The maximum atomic E-state index is 13.2. The fourth-order valence-electron chi connectivity index (χ4n) is 1.73. The van der Waals surface area contributed by atoms with Crippen molar-refractivity contribution < 1.29 is 9.50 Å². The van der Waals surface area contributed by atoms with E-state index in [9.17, 15) is 9.50 Å². The Labute approximate surface area is 114 Å². The minimum absolute atomic E-state index is 0.221. The van der Waals surface area contributed by atoms with Crippen molar-refractivity contribution in [2.24, 2.45) is 0 Å². The number of anilines is 1. The molecule has 0 spiro atoms. The summed E-state index contributed by atoms with van der Waals surface area (Å²) >= 11 is 3.35. The lowest BCUT2D eigenvalue weighted by atomic mass is 10.2. The van der Waals surface area contributed by atoms with Gasteiger partial charge in [-0.15, -0.1) is 0 Å². The number of phenols is 1. The van der Waals surface area contributed by atoms with E-state index in [4.69, 9.17) is 0 Å². The monoisotopic (exact) mass is 309 g/mol. The number of halogens is 2. The standard InChI is InChI=1S/C14H13BrFNO/c1-9-4-12(16)7-13(5-9)17-8-10-6-11(15)2-3-14(10)18/h2-7,17-18H,8H2,1H3. The largest absolute Gasteiger partial charge is 0.508 e. The molecule has 2 aromatic rings. The summed E-state index contributed by atoms with van der Waals surface area (Å²) in [5.41, 5.74) is 2.31. The van der Waals surface area contributed by atoms with Crippen LogP contribution in [0.25, 0.3) is 0 Å². The Bertz CT molecular complexity index is 551. The Balaban J connectivity index is 2.13. The quantitative estimate of drug-likeness (QED) is 0.890. The van der Waals surface area contributed by atoms with Crippen molar-refractivity contribution in [3.63, 3.8) is 0 Å². The summed E-state index contributed by atoms with van der Waals surface area (Å²) in [6, 6.07) is 9.99. The molecule has 0 bridgehead atoms. The smallest absolute Gasteiger partial charge is 0.125 e. The molecule has 2 N–H and O–H groups in total. The van der Waals surface area contributed by atoms with E-state index >= 15 is 0 Å². The third-order valence-corrected chi connectivity index (χ3v) is 3.06. The third-order valence-electron chi connectivity index (χ3n) is 2.57. The van der Waals surface area contributed by atoms with E-state index in [1.165, 1.54) is 12.1 Å². The van der Waals surface area contributed by atoms with Crippen LogP contribution < -0.4 is 5.32 Å². The minimum Gasteiger partial charge on any atom is -0.508 e. The molecule has 0 aromatic heterocycles. The fourth-order valence-corrected chi connectivity index (χ4v) is 2.14. The molecule has 18 heavy (non-hydrogen) atoms. The Morgan fingerprint density at radius 2 is 2.00 bits per heavy atom. The van der Waals surface area contributed by atoms with Crippen LogP contribution >= 0.6 is 15.9 Å². The van der Waals surface area contributed by atoms with Gasteiger partial charge in [-0.25, -0.2) is 4.39 Å². The number of nitrogens with one attached hydrogen (secondary N) is 1. The molecular weight excluding hydrogens is 297 g/mol. The molecule has 2 nitrogen and oxygen atoms in total. The van der Waals surface area contributed by atoms with Gasteiger partial charge in [-0.05, 0) is 48.9 Å². The molecule has 0 unspecified atom stereocenters. The average Bonchev–Trinajstić information content (AvgIpc) is 2.29. The molecule has 0 aliphatic heterocycles. The lowest BCUT2D eigenvalue weighted by molar-refractivity contribution is 0.469. The van der Waals surface area contributed by atoms with Crippen molar-refractivity contribution >= 4 is 21.6 Å². The maximum Gasteiger partial charge on any atom is 0.125 e. The first-order valence-corrected chi connectivity index (χ1v) is 6.32. The molecule has 4 heteroatoms. The van der Waals surface area contributed by atoms with Crippen LogP contribution in [0.3, 0.4) is 0 Å². The van der Waals surface area contributed by atoms with Crippen LogP contribution in [-0.2, 0) is 6.54 Å². The van der Waals surface area contributed by atoms with Gasteiger partial charge in [0.15, 0.2) is 0 Å². The summed E-state index contributed by atoms with van der Waals surface area (Å²) in [5.74, 6) is -0.0465. The minimum atomic E-state index is -0.268. The van der Waals surface area contributed by atoms with Crippen LogP contribution in [0.2, 0.25) is 0 Å². The van der Waals surface area contributed by atoms with E-state index in [-0.39, 0.29) is 11.6 Å². The molecule has 94 valence electrons. The fraction of sp³-hybridized carbons (Fsp3) is 0.143. The van der Waals surface area contributed by atoms with E-state index in [1.807, 2.05) is 19.1 Å². The summed E-state index contributed by atoms with van der Waals surface area (Å²) in [7, 11) is 0. The average molecular weight is 310 g/mol. The molecule has 2 aromatic carbocycles. The van der Waals surface area contributed by atoms with Gasteiger partial charge in [-0.3, -0.25) is 0 Å². The number of benzene rings is 2. The Morgan fingerprint density at radius 3 is 2.72 bits per heavy atom. The summed E-state index contributed by atoms with van der Waals surface area (Å²) in [4.78, 5) is 0. The van der Waals surface area contributed by atoms with E-state index in [1.54, 1.807) is 12.1 Å². The first-order valence-electron chi connectivity index (χ1n) is 5.53. The van der Waals surface area contributed by atoms with Crippen molar-refractivity contribution in [1.29, 1.82) is 0 Å². The van der Waals surface area contributed by atoms with Crippen LogP contribution in [0.4, 0.5) is 10.1 Å². The highest BCUT2D eigenvalue weighted by atomic mass is 79.9. The molecule has 0 amide bonds. The molecule has 0 fully saturated rings. The van der Waals surface area contributed by atoms with Crippen molar-refractivity contribution in [1.82, 2.24) is 0 Å². The zero-order valence-corrected chi connectivity index (χ0v) is 11.5. The lowest BCUT2D eigenvalue weighted by Crippen LogP contribution is -2.00. The molecule has 0 heterocycles. The van der Waals surface area contributed by atoms with Gasteiger partial charge in [0.25, 0.3) is 0 Å². The number of aryl methyl sites for hydroxylation is 1. The number of phenolic OH excluding ortho intramolecular Hbond substituents is 1. The highest BCUT2D eigenvalue weighted by Gasteiger charge is 2.03. The second-order valence-electron chi connectivity index (χ2n) is 4.14. The van der Waals surface area contributed by atoms with Crippen molar-refractivity contribution in [2.75, 3.05) is 5.32 Å². The van der Waals surface area contributed by atoms with Gasteiger partial charge in [-0.1, -0.05) is 15.9 Å². The van der Waals surface area contributed by atoms with Gasteiger partial charge in [-0.2, -0.15) is 0 Å². The first kappa shape index (κ1) is 12.9. The van der Waals surface area contributed by atoms with Gasteiger partial charge in [0.1, 0.15) is 11.6 Å². The van der Waals surface area contributed by atoms with Crippen LogP contribution in [0.5, 0.6) is 5.75 Å². The van der Waals surface area contributed by atoms with Gasteiger partial charge in [0.05, 0.1) is 0 Å². The van der Waals surface area contributed by atoms with E-state index < -0.39 is 0 Å². The highest BCUT2D eigenvalue weighted by Crippen LogP contribution is 2.23. The van der Waals surface area contributed by atoms with Crippen molar-refractivity contribution in [3.8, 4) is 5.75 Å². The maximum absolute atomic E-state index is 13.2. The van der Waals surface area contributed by atoms with Crippen molar-refractivity contribution in [3.05, 3.63) is 57.8 Å². The SMILES string of the molecule is Cc1cc(F)cc(NCc2cc(Br)ccc2O)c1. The van der Waals surface area contributed by atoms with Crippen molar-refractivity contribution in [2.45, 2.75) is 13.5 Å². The molecule has 2 rings (SSSR count). The zero-order valence-electron chi connectivity index (χ0n) is 9.87. The van der Waals surface area contributed by atoms with Crippen LogP contribution in [0, 0.1) is 12.7 Å². The predicted molar refractivity (Wildman–Crippen MR) is 74.3 cm³/mol.